The Bertz CT molecular complexity index is 814. The number of carbonyl (C=O) groups is 1. The highest BCUT2D eigenvalue weighted by Crippen LogP contribution is 2.34. The van der Waals surface area contributed by atoms with Crippen LogP contribution in [0.3, 0.4) is 0 Å². The summed E-state index contributed by atoms with van der Waals surface area (Å²) in [7, 11) is 0. The largest absolute Gasteiger partial charge is 0.365 e. The summed E-state index contributed by atoms with van der Waals surface area (Å²) in [6.07, 6.45) is 4.53. The summed E-state index contributed by atoms with van der Waals surface area (Å²) >= 11 is 12.2. The van der Waals surface area contributed by atoms with Gasteiger partial charge in [-0.1, -0.05) is 29.3 Å². The van der Waals surface area contributed by atoms with Gasteiger partial charge in [0.1, 0.15) is 5.49 Å². The molecule has 0 saturated carbocycles. The second-order valence-corrected chi connectivity index (χ2v) is 6.32. The zero-order chi connectivity index (χ0) is 15.9. The van der Waals surface area contributed by atoms with Crippen molar-refractivity contribution in [2.24, 2.45) is 5.73 Å². The summed E-state index contributed by atoms with van der Waals surface area (Å²) in [5.74, 6) is -0.650. The lowest BCUT2D eigenvalue weighted by Crippen LogP contribution is -2.33. The number of aromatic nitrogens is 1. The molecule has 1 unspecified atom stereocenters. The number of amides is 1. The number of nitrogens with zero attached hydrogens (tertiary/aromatic N) is 1. The molecule has 4 nitrogen and oxygen atoms in total. The molecule has 1 aliphatic rings. The number of aryl methyl sites for hydroxylation is 1. The van der Waals surface area contributed by atoms with E-state index >= 15 is 0 Å². The minimum Gasteiger partial charge on any atom is -0.365 e. The first kappa shape index (κ1) is 15.1. The van der Waals surface area contributed by atoms with Gasteiger partial charge in [-0.2, -0.15) is 0 Å². The van der Waals surface area contributed by atoms with E-state index < -0.39 is 5.91 Å². The van der Waals surface area contributed by atoms with Crippen molar-refractivity contribution in [3.05, 3.63) is 62.7 Å². The van der Waals surface area contributed by atoms with Crippen LogP contribution in [0.4, 0.5) is 0 Å². The number of benzene rings is 1. The van der Waals surface area contributed by atoms with Gasteiger partial charge in [0.25, 0.3) is 5.91 Å². The number of carbonyl (C=O) groups excluding carboxylic acids is 1. The highest BCUT2D eigenvalue weighted by molar-refractivity contribution is 6.31. The SMILES string of the molecule is N=c1c(C(N)=O)cc(Cl)cn1C1CCCc2ccc(Cl)cc21. The van der Waals surface area contributed by atoms with Crippen molar-refractivity contribution in [2.45, 2.75) is 25.3 Å². The van der Waals surface area contributed by atoms with Crippen LogP contribution in [0.15, 0.2) is 30.5 Å². The maximum atomic E-state index is 11.5. The average Bonchev–Trinajstić information content (AvgIpc) is 2.48. The molecule has 1 aromatic carbocycles. The molecule has 0 saturated heterocycles. The van der Waals surface area contributed by atoms with Crippen LogP contribution in [0.25, 0.3) is 0 Å². The van der Waals surface area contributed by atoms with Crippen LogP contribution < -0.4 is 11.2 Å². The predicted octanol–water partition coefficient (Wildman–Crippen LogP) is 3.30. The second-order valence-electron chi connectivity index (χ2n) is 5.44. The maximum Gasteiger partial charge on any atom is 0.252 e. The van der Waals surface area contributed by atoms with E-state index in [1.54, 1.807) is 10.8 Å². The molecule has 1 aromatic heterocycles. The van der Waals surface area contributed by atoms with Crippen molar-refractivity contribution in [1.82, 2.24) is 4.57 Å². The molecule has 3 rings (SSSR count). The third kappa shape index (κ3) is 2.64. The predicted molar refractivity (Wildman–Crippen MR) is 86.3 cm³/mol. The molecule has 0 spiro atoms. The fraction of sp³-hybridized carbons (Fsp3) is 0.250. The van der Waals surface area contributed by atoms with Gasteiger partial charge in [0.15, 0.2) is 0 Å². The lowest BCUT2D eigenvalue weighted by atomic mass is 9.87. The summed E-state index contributed by atoms with van der Waals surface area (Å²) in [6.45, 7) is 0. The minimum atomic E-state index is -0.650. The molecule has 0 aliphatic heterocycles. The molecule has 1 atom stereocenters. The van der Waals surface area contributed by atoms with E-state index in [-0.39, 0.29) is 17.1 Å². The summed E-state index contributed by atoms with van der Waals surface area (Å²) in [5, 5.41) is 9.33. The van der Waals surface area contributed by atoms with Crippen molar-refractivity contribution in [3.8, 4) is 0 Å². The molecule has 0 bridgehead atoms. The molecule has 2 aromatic rings. The van der Waals surface area contributed by atoms with Gasteiger partial charge in [0.05, 0.1) is 16.6 Å². The van der Waals surface area contributed by atoms with E-state index in [1.807, 2.05) is 18.2 Å². The first-order chi connectivity index (χ1) is 10.5. The first-order valence-corrected chi connectivity index (χ1v) is 7.77. The maximum absolute atomic E-state index is 11.5. The molecular formula is C16H15Cl2N3O. The van der Waals surface area contributed by atoms with Gasteiger partial charge in [-0.05, 0) is 48.6 Å². The molecule has 6 heteroatoms. The minimum absolute atomic E-state index is 0.0632. The van der Waals surface area contributed by atoms with Gasteiger partial charge in [-0.25, -0.2) is 0 Å². The first-order valence-electron chi connectivity index (χ1n) is 7.02. The lowest BCUT2D eigenvalue weighted by molar-refractivity contribution is 0.0997. The topological polar surface area (TPSA) is 71.9 Å². The average molecular weight is 336 g/mol. The standard InChI is InChI=1S/C16H15Cl2N3O/c17-10-5-4-9-2-1-3-14(12(9)6-10)21-8-11(18)7-13(15(21)19)16(20)22/h4-8,14,19H,1-3H2,(H2,20,22). The molecule has 1 heterocycles. The summed E-state index contributed by atoms with van der Waals surface area (Å²) in [4.78, 5) is 11.5. The zero-order valence-electron chi connectivity index (χ0n) is 11.8. The Balaban J connectivity index is 2.20. The van der Waals surface area contributed by atoms with Crippen molar-refractivity contribution in [1.29, 1.82) is 5.41 Å². The van der Waals surface area contributed by atoms with Crippen LogP contribution in [-0.4, -0.2) is 10.5 Å². The van der Waals surface area contributed by atoms with Crippen LogP contribution in [0.2, 0.25) is 10.0 Å². The summed E-state index contributed by atoms with van der Waals surface area (Å²) in [6, 6.07) is 7.20. The van der Waals surface area contributed by atoms with Gasteiger partial charge < -0.3 is 10.3 Å². The number of nitrogens with two attached hydrogens (primary N) is 1. The Morgan fingerprint density at radius 2 is 2.05 bits per heavy atom. The third-order valence-electron chi connectivity index (χ3n) is 4.05. The van der Waals surface area contributed by atoms with Gasteiger partial charge >= 0.3 is 0 Å². The summed E-state index contributed by atoms with van der Waals surface area (Å²) in [5.41, 5.74) is 7.85. The Kier molecular flexibility index (Phi) is 3.98. The van der Waals surface area contributed by atoms with Crippen LogP contribution in [0.1, 0.15) is 40.4 Å². The van der Waals surface area contributed by atoms with Gasteiger partial charge in [-0.15, -0.1) is 0 Å². The van der Waals surface area contributed by atoms with Crippen LogP contribution in [-0.2, 0) is 6.42 Å². The Morgan fingerprint density at radius 1 is 1.27 bits per heavy atom. The lowest BCUT2D eigenvalue weighted by Gasteiger charge is -2.28. The Morgan fingerprint density at radius 3 is 2.77 bits per heavy atom. The van der Waals surface area contributed by atoms with Gasteiger partial charge in [0.2, 0.25) is 0 Å². The van der Waals surface area contributed by atoms with E-state index in [1.165, 1.54) is 11.6 Å². The van der Waals surface area contributed by atoms with E-state index in [2.05, 4.69) is 0 Å². The number of rotatable bonds is 2. The van der Waals surface area contributed by atoms with Crippen molar-refractivity contribution < 1.29 is 4.79 Å². The molecule has 0 fully saturated rings. The van der Waals surface area contributed by atoms with E-state index in [4.69, 9.17) is 34.3 Å². The van der Waals surface area contributed by atoms with Gasteiger partial charge in [-0.3, -0.25) is 10.2 Å². The van der Waals surface area contributed by atoms with E-state index in [9.17, 15) is 4.79 Å². The second kappa shape index (κ2) is 5.78. The molecule has 1 amide bonds. The number of primary amides is 1. The highest BCUT2D eigenvalue weighted by Gasteiger charge is 2.23. The fourth-order valence-corrected chi connectivity index (χ4v) is 3.44. The number of hydrogen-bond donors (Lipinski definition) is 2. The molecular weight excluding hydrogens is 321 g/mol. The number of halogens is 2. The van der Waals surface area contributed by atoms with Crippen LogP contribution in [0, 0.1) is 5.41 Å². The van der Waals surface area contributed by atoms with Crippen molar-refractivity contribution in [3.63, 3.8) is 0 Å². The van der Waals surface area contributed by atoms with E-state index in [0.717, 1.165) is 24.8 Å². The molecule has 3 N–H and O–H groups in total. The quantitative estimate of drug-likeness (QED) is 0.868. The molecule has 1 aliphatic carbocycles. The normalized spacial score (nSPS) is 17.1. The molecule has 114 valence electrons. The molecule has 22 heavy (non-hydrogen) atoms. The van der Waals surface area contributed by atoms with Crippen molar-refractivity contribution >= 4 is 29.1 Å². The monoisotopic (exact) mass is 335 g/mol. The number of hydrogen-bond acceptors (Lipinski definition) is 2. The zero-order valence-corrected chi connectivity index (χ0v) is 13.3. The number of pyridine rings is 1. The Labute approximate surface area is 138 Å². The Hall–Kier alpha value is -1.78. The van der Waals surface area contributed by atoms with Gasteiger partial charge in [0, 0.05) is 11.2 Å². The third-order valence-corrected chi connectivity index (χ3v) is 4.49. The van der Waals surface area contributed by atoms with Crippen molar-refractivity contribution in [2.75, 3.05) is 0 Å². The smallest absolute Gasteiger partial charge is 0.252 e. The van der Waals surface area contributed by atoms with Crippen LogP contribution in [0.5, 0.6) is 0 Å². The highest BCUT2D eigenvalue weighted by atomic mass is 35.5. The summed E-state index contributed by atoms with van der Waals surface area (Å²) < 4.78 is 1.72. The number of fused-ring (bicyclic) bond motifs is 1. The van der Waals surface area contributed by atoms with Crippen LogP contribution >= 0.6 is 23.2 Å². The fourth-order valence-electron chi connectivity index (χ4n) is 3.05. The molecule has 0 radical (unpaired) electrons. The number of nitrogens with one attached hydrogen (secondary N) is 1. The van der Waals surface area contributed by atoms with E-state index in [0.29, 0.717) is 10.0 Å².